The summed E-state index contributed by atoms with van der Waals surface area (Å²) in [6, 6.07) is 0. The van der Waals surface area contributed by atoms with Crippen LogP contribution in [0.2, 0.25) is 0 Å². The van der Waals surface area contributed by atoms with Crippen LogP contribution in [0.15, 0.2) is 12.4 Å². The van der Waals surface area contributed by atoms with Gasteiger partial charge in [0.25, 0.3) is 0 Å². The lowest BCUT2D eigenvalue weighted by atomic mass is 10.2. The predicted octanol–water partition coefficient (Wildman–Crippen LogP) is 1.59. The van der Waals surface area contributed by atoms with Gasteiger partial charge in [-0.3, -0.25) is 0 Å². The van der Waals surface area contributed by atoms with Crippen molar-refractivity contribution in [2.24, 2.45) is 0 Å². The van der Waals surface area contributed by atoms with Crippen LogP contribution in [0.1, 0.15) is 32.8 Å². The summed E-state index contributed by atoms with van der Waals surface area (Å²) in [6.45, 7) is 9.92. The van der Waals surface area contributed by atoms with Crippen LogP contribution in [0, 0.1) is 0 Å². The second-order valence-corrected chi connectivity index (χ2v) is 5.23. The van der Waals surface area contributed by atoms with Crippen LogP contribution >= 0.6 is 0 Å². The van der Waals surface area contributed by atoms with Crippen LogP contribution in [-0.2, 0) is 11.3 Å². The maximum atomic E-state index is 5.72. The number of rotatable bonds is 5. The SMILES string of the molecule is CCCNCc1cnc(N2C[C@@H](C)O[C@@H](C)C2)nc1. The Morgan fingerprint density at radius 3 is 2.47 bits per heavy atom. The molecule has 2 atom stereocenters. The summed E-state index contributed by atoms with van der Waals surface area (Å²) >= 11 is 0. The molecule has 0 bridgehead atoms. The number of hydrogen-bond donors (Lipinski definition) is 1. The van der Waals surface area contributed by atoms with Crippen molar-refractivity contribution in [2.45, 2.75) is 45.9 Å². The molecule has 1 N–H and O–H groups in total. The first kappa shape index (κ1) is 14.2. The second kappa shape index (κ2) is 6.82. The molecule has 2 heterocycles. The van der Waals surface area contributed by atoms with Gasteiger partial charge in [0.1, 0.15) is 0 Å². The van der Waals surface area contributed by atoms with Gasteiger partial charge >= 0.3 is 0 Å². The van der Waals surface area contributed by atoms with Gasteiger partial charge in [-0.2, -0.15) is 0 Å². The van der Waals surface area contributed by atoms with Crippen LogP contribution < -0.4 is 10.2 Å². The molecule has 1 aromatic rings. The molecular weight excluding hydrogens is 240 g/mol. The Morgan fingerprint density at radius 1 is 1.26 bits per heavy atom. The van der Waals surface area contributed by atoms with E-state index < -0.39 is 0 Å². The summed E-state index contributed by atoms with van der Waals surface area (Å²) in [5.41, 5.74) is 1.13. The Hall–Kier alpha value is -1.20. The molecule has 106 valence electrons. The Labute approximate surface area is 115 Å². The molecule has 0 aromatic carbocycles. The fraction of sp³-hybridized carbons (Fsp3) is 0.714. The average molecular weight is 264 g/mol. The van der Waals surface area contributed by atoms with Gasteiger partial charge < -0.3 is 15.0 Å². The average Bonchev–Trinajstić information content (AvgIpc) is 2.39. The zero-order chi connectivity index (χ0) is 13.7. The van der Waals surface area contributed by atoms with E-state index in [9.17, 15) is 0 Å². The van der Waals surface area contributed by atoms with Crippen molar-refractivity contribution >= 4 is 5.95 Å². The molecule has 0 saturated carbocycles. The predicted molar refractivity (Wildman–Crippen MR) is 76.3 cm³/mol. The topological polar surface area (TPSA) is 50.3 Å². The lowest BCUT2D eigenvalue weighted by molar-refractivity contribution is -0.00572. The second-order valence-electron chi connectivity index (χ2n) is 5.23. The quantitative estimate of drug-likeness (QED) is 0.819. The van der Waals surface area contributed by atoms with E-state index in [0.717, 1.165) is 44.1 Å². The highest BCUT2D eigenvalue weighted by Gasteiger charge is 2.23. The van der Waals surface area contributed by atoms with E-state index in [1.54, 1.807) is 0 Å². The van der Waals surface area contributed by atoms with Crippen molar-refractivity contribution in [3.8, 4) is 0 Å². The van der Waals surface area contributed by atoms with E-state index in [1.165, 1.54) is 0 Å². The number of nitrogens with zero attached hydrogens (tertiary/aromatic N) is 3. The number of anilines is 1. The fourth-order valence-electron chi connectivity index (χ4n) is 2.35. The maximum Gasteiger partial charge on any atom is 0.225 e. The van der Waals surface area contributed by atoms with E-state index in [-0.39, 0.29) is 12.2 Å². The molecule has 0 aliphatic carbocycles. The molecule has 2 rings (SSSR count). The highest BCUT2D eigenvalue weighted by molar-refractivity contribution is 5.31. The molecule has 1 aliphatic heterocycles. The van der Waals surface area contributed by atoms with Crippen molar-refractivity contribution < 1.29 is 4.74 Å². The fourth-order valence-corrected chi connectivity index (χ4v) is 2.35. The highest BCUT2D eigenvalue weighted by atomic mass is 16.5. The molecular formula is C14H24N4O. The van der Waals surface area contributed by atoms with Gasteiger partial charge in [0.15, 0.2) is 0 Å². The van der Waals surface area contributed by atoms with Crippen molar-refractivity contribution in [1.82, 2.24) is 15.3 Å². The summed E-state index contributed by atoms with van der Waals surface area (Å²) < 4.78 is 5.72. The number of hydrogen-bond acceptors (Lipinski definition) is 5. The van der Waals surface area contributed by atoms with Gasteiger partial charge in [0, 0.05) is 37.6 Å². The molecule has 19 heavy (non-hydrogen) atoms. The lowest BCUT2D eigenvalue weighted by Gasteiger charge is -2.35. The largest absolute Gasteiger partial charge is 0.372 e. The zero-order valence-corrected chi connectivity index (χ0v) is 12.1. The third-order valence-corrected chi connectivity index (χ3v) is 3.15. The third-order valence-electron chi connectivity index (χ3n) is 3.15. The van der Waals surface area contributed by atoms with Crippen LogP contribution in [-0.4, -0.2) is 41.8 Å². The summed E-state index contributed by atoms with van der Waals surface area (Å²) in [4.78, 5) is 11.1. The van der Waals surface area contributed by atoms with Crippen molar-refractivity contribution in [3.63, 3.8) is 0 Å². The van der Waals surface area contributed by atoms with Crippen molar-refractivity contribution in [1.29, 1.82) is 0 Å². The summed E-state index contributed by atoms with van der Waals surface area (Å²) in [5, 5.41) is 3.35. The smallest absolute Gasteiger partial charge is 0.225 e. The molecule has 5 heteroatoms. The number of morpholine rings is 1. The molecule has 0 radical (unpaired) electrons. The van der Waals surface area contributed by atoms with Crippen LogP contribution in [0.4, 0.5) is 5.95 Å². The normalized spacial score (nSPS) is 23.6. The van der Waals surface area contributed by atoms with Crippen molar-refractivity contribution in [3.05, 3.63) is 18.0 Å². The van der Waals surface area contributed by atoms with E-state index in [2.05, 4.69) is 41.0 Å². The molecule has 0 amide bonds. The Morgan fingerprint density at radius 2 is 1.89 bits per heavy atom. The maximum absolute atomic E-state index is 5.72. The van der Waals surface area contributed by atoms with Gasteiger partial charge in [-0.15, -0.1) is 0 Å². The first-order valence-corrected chi connectivity index (χ1v) is 7.11. The summed E-state index contributed by atoms with van der Waals surface area (Å²) in [6.07, 6.45) is 5.44. The van der Waals surface area contributed by atoms with Gasteiger partial charge in [0.05, 0.1) is 12.2 Å². The molecule has 0 spiro atoms. The van der Waals surface area contributed by atoms with E-state index >= 15 is 0 Å². The zero-order valence-electron chi connectivity index (χ0n) is 12.1. The number of aromatic nitrogens is 2. The minimum Gasteiger partial charge on any atom is -0.372 e. The Bertz CT molecular complexity index is 372. The third kappa shape index (κ3) is 4.14. The van der Waals surface area contributed by atoms with Crippen LogP contribution in [0.5, 0.6) is 0 Å². The van der Waals surface area contributed by atoms with E-state index in [4.69, 9.17) is 4.74 Å². The minimum atomic E-state index is 0.234. The van der Waals surface area contributed by atoms with E-state index in [1.807, 2.05) is 12.4 Å². The first-order valence-electron chi connectivity index (χ1n) is 7.11. The highest BCUT2D eigenvalue weighted by Crippen LogP contribution is 2.16. The van der Waals surface area contributed by atoms with Crippen LogP contribution in [0.25, 0.3) is 0 Å². The molecule has 1 saturated heterocycles. The van der Waals surface area contributed by atoms with Crippen molar-refractivity contribution in [2.75, 3.05) is 24.5 Å². The summed E-state index contributed by atoms with van der Waals surface area (Å²) in [5.74, 6) is 0.807. The van der Waals surface area contributed by atoms with Gasteiger partial charge in [-0.05, 0) is 26.8 Å². The summed E-state index contributed by atoms with van der Waals surface area (Å²) in [7, 11) is 0. The Balaban J connectivity index is 1.93. The number of nitrogens with one attached hydrogen (secondary N) is 1. The molecule has 1 aromatic heterocycles. The minimum absolute atomic E-state index is 0.234. The van der Waals surface area contributed by atoms with E-state index in [0.29, 0.717) is 0 Å². The monoisotopic (exact) mass is 264 g/mol. The Kier molecular flexibility index (Phi) is 5.10. The first-order chi connectivity index (χ1) is 9.19. The molecule has 0 unspecified atom stereocenters. The van der Waals surface area contributed by atoms with Crippen LogP contribution in [0.3, 0.4) is 0 Å². The molecule has 5 nitrogen and oxygen atoms in total. The molecule has 1 aliphatic rings. The lowest BCUT2D eigenvalue weighted by Crippen LogP contribution is -2.46. The van der Waals surface area contributed by atoms with Gasteiger partial charge in [-0.1, -0.05) is 6.92 Å². The standard InChI is InChI=1S/C14H24N4O/c1-4-5-15-6-13-7-16-14(17-8-13)18-9-11(2)19-12(3)10-18/h7-8,11-12,15H,4-6,9-10H2,1-3H3/t11-,12+. The molecule has 1 fully saturated rings. The number of ether oxygens (including phenoxy) is 1. The van der Waals surface area contributed by atoms with Gasteiger partial charge in [-0.25, -0.2) is 9.97 Å². The van der Waals surface area contributed by atoms with Gasteiger partial charge in [0.2, 0.25) is 5.95 Å².